The number of benzene rings is 1. The maximum atomic E-state index is 13.4. The number of nitrogens with zero attached hydrogens (tertiary/aromatic N) is 1. The highest BCUT2D eigenvalue weighted by molar-refractivity contribution is 7.07. The van der Waals surface area contributed by atoms with Gasteiger partial charge in [-0.15, -0.1) is 0 Å². The molecule has 6 nitrogen and oxygen atoms in total. The molecule has 1 saturated heterocycles. The van der Waals surface area contributed by atoms with Crippen molar-refractivity contribution in [3.63, 3.8) is 0 Å². The number of carbonyl (C=O) groups excluding carboxylic acids is 1. The smallest absolute Gasteiger partial charge is 0.237 e. The van der Waals surface area contributed by atoms with E-state index in [0.717, 1.165) is 24.1 Å². The summed E-state index contributed by atoms with van der Waals surface area (Å²) in [7, 11) is 0. The monoisotopic (exact) mass is 513 g/mol. The summed E-state index contributed by atoms with van der Waals surface area (Å²) in [5.41, 5.74) is 1.60. The third-order valence-electron chi connectivity index (χ3n) is 7.72. The summed E-state index contributed by atoms with van der Waals surface area (Å²) in [6.07, 6.45) is 4.74. The second-order valence-corrected chi connectivity index (χ2v) is 12.5. The highest BCUT2D eigenvalue weighted by atomic mass is 32.1. The first-order valence-corrected chi connectivity index (χ1v) is 14.4. The van der Waals surface area contributed by atoms with Gasteiger partial charge >= 0.3 is 0 Å². The maximum absolute atomic E-state index is 13.4. The molecule has 198 valence electrons. The van der Waals surface area contributed by atoms with Crippen LogP contribution in [0.1, 0.15) is 70.2 Å². The van der Waals surface area contributed by atoms with E-state index in [9.17, 15) is 15.0 Å². The highest BCUT2D eigenvalue weighted by Gasteiger charge is 2.41. The van der Waals surface area contributed by atoms with Crippen molar-refractivity contribution in [3.05, 3.63) is 58.3 Å². The SMILES string of the molecule is CC(C)(C)NC(=O)[C@@H]1C[C@@H]2CCCC[C@@H]2CN1C[C@@H](O)C(Cc1ccccc1)NC(O)c1ccsc1. The van der Waals surface area contributed by atoms with E-state index in [1.54, 1.807) is 0 Å². The molecule has 0 radical (unpaired) electrons. The Bertz CT molecular complexity index is 946. The van der Waals surface area contributed by atoms with Gasteiger partial charge in [-0.05, 0) is 74.3 Å². The van der Waals surface area contributed by atoms with Gasteiger partial charge in [-0.3, -0.25) is 15.0 Å². The summed E-state index contributed by atoms with van der Waals surface area (Å²) >= 11 is 1.54. The van der Waals surface area contributed by atoms with Gasteiger partial charge in [0.25, 0.3) is 0 Å². The van der Waals surface area contributed by atoms with Crippen LogP contribution in [0.15, 0.2) is 47.2 Å². The molecule has 1 aromatic carbocycles. The molecule has 0 spiro atoms. The van der Waals surface area contributed by atoms with Crippen LogP contribution in [-0.2, 0) is 11.2 Å². The number of fused-ring (bicyclic) bond motifs is 1. The zero-order chi connectivity index (χ0) is 25.7. The van der Waals surface area contributed by atoms with Gasteiger partial charge in [0.15, 0.2) is 0 Å². The Morgan fingerprint density at radius 1 is 1.11 bits per heavy atom. The number of hydrogen-bond acceptors (Lipinski definition) is 6. The van der Waals surface area contributed by atoms with Gasteiger partial charge < -0.3 is 15.5 Å². The van der Waals surface area contributed by atoms with E-state index in [4.69, 9.17) is 0 Å². The summed E-state index contributed by atoms with van der Waals surface area (Å²) in [5, 5.41) is 32.7. The number of hydrogen-bond donors (Lipinski definition) is 4. The molecule has 2 unspecified atom stereocenters. The molecule has 1 aliphatic carbocycles. The fourth-order valence-electron chi connectivity index (χ4n) is 5.90. The van der Waals surface area contributed by atoms with Crippen LogP contribution in [-0.4, -0.2) is 57.8 Å². The average molecular weight is 514 g/mol. The molecule has 1 amide bonds. The van der Waals surface area contributed by atoms with Crippen LogP contribution in [0.5, 0.6) is 0 Å². The molecular formula is C29H43N3O3S. The Balaban J connectivity index is 1.52. The fourth-order valence-corrected chi connectivity index (χ4v) is 6.58. The number of amides is 1. The topological polar surface area (TPSA) is 84.8 Å². The number of thiophene rings is 1. The Labute approximate surface area is 220 Å². The van der Waals surface area contributed by atoms with Gasteiger partial charge in [-0.1, -0.05) is 49.6 Å². The average Bonchev–Trinajstić information content (AvgIpc) is 3.38. The lowest BCUT2D eigenvalue weighted by Gasteiger charge is -2.47. The number of aliphatic hydroxyl groups is 2. The van der Waals surface area contributed by atoms with Gasteiger partial charge in [-0.2, -0.15) is 11.3 Å². The van der Waals surface area contributed by atoms with Crippen molar-refractivity contribution in [2.24, 2.45) is 11.8 Å². The number of nitrogens with one attached hydrogen (secondary N) is 2. The minimum Gasteiger partial charge on any atom is -0.390 e. The number of rotatable bonds is 9. The lowest BCUT2D eigenvalue weighted by molar-refractivity contribution is -0.132. The van der Waals surface area contributed by atoms with E-state index < -0.39 is 12.3 Å². The molecular weight excluding hydrogens is 470 g/mol. The van der Waals surface area contributed by atoms with Gasteiger partial charge in [-0.25, -0.2) is 0 Å². The second kappa shape index (κ2) is 12.2. The highest BCUT2D eigenvalue weighted by Crippen LogP contribution is 2.39. The number of likely N-dealkylation sites (tertiary alicyclic amines) is 1. The molecule has 1 aromatic heterocycles. The zero-order valence-electron chi connectivity index (χ0n) is 21.9. The molecule has 2 heterocycles. The second-order valence-electron chi connectivity index (χ2n) is 11.7. The summed E-state index contributed by atoms with van der Waals surface area (Å²) < 4.78 is 0. The van der Waals surface area contributed by atoms with Crippen LogP contribution in [0.4, 0.5) is 0 Å². The maximum Gasteiger partial charge on any atom is 0.237 e. The predicted octanol–water partition coefficient (Wildman–Crippen LogP) is 4.10. The van der Waals surface area contributed by atoms with Gasteiger partial charge in [0.05, 0.1) is 12.1 Å². The predicted molar refractivity (Wildman–Crippen MR) is 146 cm³/mol. The van der Waals surface area contributed by atoms with Crippen LogP contribution in [0.3, 0.4) is 0 Å². The third kappa shape index (κ3) is 7.39. The standard InChI is InChI=1S/C29H43N3O3S/c1-29(2,3)31-28(35)25-16-21-11-7-8-12-22(21)17-32(25)18-26(33)24(15-20-9-5-4-6-10-20)30-27(34)23-13-14-36-19-23/h4-6,9-10,13-14,19,21-22,24-27,30,33-34H,7-8,11-12,15-18H2,1-3H3,(H,31,35)/t21-,22+,24?,25-,26+,27?/m0/s1. The quantitative estimate of drug-likeness (QED) is 0.380. The number of aliphatic hydroxyl groups excluding tert-OH is 2. The summed E-state index contributed by atoms with van der Waals surface area (Å²) in [4.78, 5) is 15.6. The van der Waals surface area contributed by atoms with Crippen LogP contribution in [0.2, 0.25) is 0 Å². The Hall–Kier alpha value is -1.77. The lowest BCUT2D eigenvalue weighted by Crippen LogP contribution is -2.60. The number of carbonyl (C=O) groups is 1. The molecule has 4 N–H and O–H groups in total. The first-order valence-electron chi connectivity index (χ1n) is 13.4. The molecule has 1 aliphatic heterocycles. The molecule has 2 aromatic rings. The normalized spacial score (nSPS) is 25.5. The van der Waals surface area contributed by atoms with Crippen LogP contribution >= 0.6 is 11.3 Å². The van der Waals surface area contributed by atoms with Crippen molar-refractivity contribution in [1.29, 1.82) is 0 Å². The van der Waals surface area contributed by atoms with Crippen LogP contribution in [0, 0.1) is 11.8 Å². The fraction of sp³-hybridized carbons (Fsp3) is 0.621. The first kappa shape index (κ1) is 27.3. The van der Waals surface area contributed by atoms with E-state index in [2.05, 4.69) is 15.5 Å². The van der Waals surface area contributed by atoms with Gasteiger partial charge in [0, 0.05) is 30.2 Å². The van der Waals surface area contributed by atoms with E-state index in [-0.39, 0.29) is 23.5 Å². The molecule has 36 heavy (non-hydrogen) atoms. The minimum absolute atomic E-state index is 0.0598. The lowest BCUT2D eigenvalue weighted by atomic mass is 9.72. The molecule has 7 heteroatoms. The van der Waals surface area contributed by atoms with Gasteiger partial charge in [0.2, 0.25) is 5.91 Å². The van der Waals surface area contributed by atoms with Gasteiger partial charge in [0.1, 0.15) is 6.23 Å². The van der Waals surface area contributed by atoms with E-state index in [1.807, 2.05) is 67.9 Å². The number of piperidine rings is 1. The molecule has 2 aliphatic rings. The third-order valence-corrected chi connectivity index (χ3v) is 8.42. The summed E-state index contributed by atoms with van der Waals surface area (Å²) in [6, 6.07) is 11.4. The molecule has 2 fully saturated rings. The van der Waals surface area contributed by atoms with Crippen molar-refractivity contribution in [3.8, 4) is 0 Å². The minimum atomic E-state index is -0.858. The van der Waals surface area contributed by atoms with Crippen LogP contribution < -0.4 is 10.6 Å². The largest absolute Gasteiger partial charge is 0.390 e. The summed E-state index contributed by atoms with van der Waals surface area (Å²) in [6.45, 7) is 7.29. The Morgan fingerprint density at radius 2 is 1.83 bits per heavy atom. The summed E-state index contributed by atoms with van der Waals surface area (Å²) in [5.74, 6) is 1.23. The van der Waals surface area contributed by atoms with Crippen molar-refractivity contribution in [2.75, 3.05) is 13.1 Å². The zero-order valence-corrected chi connectivity index (χ0v) is 22.7. The Kier molecular flexibility index (Phi) is 9.23. The molecule has 4 rings (SSSR count). The number of β-amino-alcohol motifs (C(OH)–C–C–N with tert-alkyl or cyclic N) is 1. The van der Waals surface area contributed by atoms with Crippen molar-refractivity contribution >= 4 is 17.2 Å². The van der Waals surface area contributed by atoms with Crippen molar-refractivity contribution in [1.82, 2.24) is 15.5 Å². The van der Waals surface area contributed by atoms with E-state index >= 15 is 0 Å². The van der Waals surface area contributed by atoms with E-state index in [1.165, 1.54) is 37.0 Å². The molecule has 6 atom stereocenters. The molecule has 1 saturated carbocycles. The van der Waals surface area contributed by atoms with Crippen molar-refractivity contribution < 1.29 is 15.0 Å². The molecule has 0 bridgehead atoms. The van der Waals surface area contributed by atoms with E-state index in [0.29, 0.717) is 24.8 Å². The van der Waals surface area contributed by atoms with Crippen molar-refractivity contribution in [2.45, 2.75) is 89.3 Å². The first-order chi connectivity index (χ1) is 17.2. The Morgan fingerprint density at radius 3 is 2.50 bits per heavy atom. The van der Waals surface area contributed by atoms with Crippen LogP contribution in [0.25, 0.3) is 0 Å².